The van der Waals surface area contributed by atoms with Crippen LogP contribution < -0.4 is 5.73 Å². The van der Waals surface area contributed by atoms with Crippen LogP contribution in [0.15, 0.2) is 0 Å². The van der Waals surface area contributed by atoms with E-state index in [1.54, 1.807) is 0 Å². The van der Waals surface area contributed by atoms with Crippen LogP contribution in [0.25, 0.3) is 0 Å². The van der Waals surface area contributed by atoms with Gasteiger partial charge in [-0.15, -0.1) is 0 Å². The van der Waals surface area contributed by atoms with Crippen molar-refractivity contribution in [1.29, 1.82) is 0 Å². The number of hydrogen-bond acceptors (Lipinski definition) is 4. The van der Waals surface area contributed by atoms with Gasteiger partial charge in [0.2, 0.25) is 10.0 Å². The Balaban J connectivity index is 2.49. The molecule has 0 bridgehead atoms. The Morgan fingerprint density at radius 2 is 2.12 bits per heavy atom. The van der Waals surface area contributed by atoms with Crippen LogP contribution in [-0.2, 0) is 14.8 Å². The number of hydrogen-bond donors (Lipinski definition) is 2. The zero-order valence-corrected chi connectivity index (χ0v) is 10.1. The predicted molar refractivity (Wildman–Crippen MR) is 59.4 cm³/mol. The first-order valence-electron chi connectivity index (χ1n) is 5.28. The number of rotatable bonds is 5. The molecule has 1 saturated heterocycles. The van der Waals surface area contributed by atoms with E-state index in [9.17, 15) is 13.2 Å². The van der Waals surface area contributed by atoms with Crippen molar-refractivity contribution in [2.75, 3.05) is 18.8 Å². The van der Waals surface area contributed by atoms with Gasteiger partial charge in [-0.2, -0.15) is 0 Å². The Hall–Kier alpha value is -0.660. The fourth-order valence-electron chi connectivity index (χ4n) is 1.71. The fourth-order valence-corrected chi connectivity index (χ4v) is 3.34. The molecule has 1 heterocycles. The first kappa shape index (κ1) is 13.4. The van der Waals surface area contributed by atoms with Crippen LogP contribution in [0.5, 0.6) is 0 Å². The normalized spacial score (nSPS) is 27.1. The van der Waals surface area contributed by atoms with E-state index in [4.69, 9.17) is 10.8 Å². The van der Waals surface area contributed by atoms with Crippen LogP contribution in [0.3, 0.4) is 0 Å². The monoisotopic (exact) mass is 250 g/mol. The summed E-state index contributed by atoms with van der Waals surface area (Å²) < 4.78 is 24.9. The molecule has 7 heteroatoms. The van der Waals surface area contributed by atoms with Crippen LogP contribution in [0.4, 0.5) is 0 Å². The highest BCUT2D eigenvalue weighted by atomic mass is 32.2. The zero-order valence-electron chi connectivity index (χ0n) is 9.30. The molecule has 2 unspecified atom stereocenters. The summed E-state index contributed by atoms with van der Waals surface area (Å²) in [6.07, 6.45) is 0.0342. The van der Waals surface area contributed by atoms with Gasteiger partial charge in [0.25, 0.3) is 0 Å². The van der Waals surface area contributed by atoms with Gasteiger partial charge in [0.1, 0.15) is 0 Å². The highest BCUT2D eigenvalue weighted by Gasteiger charge is 2.33. The van der Waals surface area contributed by atoms with Crippen LogP contribution >= 0.6 is 0 Å². The molecule has 6 nitrogen and oxygen atoms in total. The summed E-state index contributed by atoms with van der Waals surface area (Å²) in [5.41, 5.74) is 5.74. The van der Waals surface area contributed by atoms with Gasteiger partial charge in [0.05, 0.1) is 5.75 Å². The van der Waals surface area contributed by atoms with E-state index in [0.29, 0.717) is 13.1 Å². The van der Waals surface area contributed by atoms with Crippen molar-refractivity contribution in [3.63, 3.8) is 0 Å². The molecule has 0 saturated carbocycles. The standard InChI is InChI=1S/C9H18N2O4S/c1-7-5-11(6-8(7)10)16(14,15)4-2-3-9(12)13/h7-8H,2-6,10H2,1H3,(H,12,13). The van der Waals surface area contributed by atoms with Gasteiger partial charge < -0.3 is 10.8 Å². The lowest BCUT2D eigenvalue weighted by atomic mass is 10.1. The third-order valence-corrected chi connectivity index (χ3v) is 4.71. The average Bonchev–Trinajstić information content (AvgIpc) is 2.46. The molecule has 16 heavy (non-hydrogen) atoms. The summed E-state index contributed by atoms with van der Waals surface area (Å²) in [5.74, 6) is -0.922. The second-order valence-corrected chi connectivity index (χ2v) is 6.36. The first-order valence-corrected chi connectivity index (χ1v) is 6.89. The number of carbonyl (C=O) groups is 1. The minimum absolute atomic E-state index is 0.112. The van der Waals surface area contributed by atoms with E-state index >= 15 is 0 Å². The molecule has 0 aromatic rings. The van der Waals surface area contributed by atoms with Gasteiger partial charge in [-0.25, -0.2) is 12.7 Å². The summed E-state index contributed by atoms with van der Waals surface area (Å²) in [5, 5.41) is 8.43. The zero-order chi connectivity index (χ0) is 12.3. The van der Waals surface area contributed by atoms with Crippen molar-refractivity contribution >= 4 is 16.0 Å². The maximum absolute atomic E-state index is 11.8. The molecule has 0 spiro atoms. The predicted octanol–water partition coefficient (Wildman–Crippen LogP) is -0.540. The fraction of sp³-hybridized carbons (Fsp3) is 0.889. The minimum atomic E-state index is -3.33. The number of carboxylic acid groups (broad SMARTS) is 1. The SMILES string of the molecule is CC1CN(S(=O)(=O)CCCC(=O)O)CC1N. The largest absolute Gasteiger partial charge is 0.481 e. The highest BCUT2D eigenvalue weighted by Crippen LogP contribution is 2.18. The van der Waals surface area contributed by atoms with E-state index in [1.165, 1.54) is 4.31 Å². The summed E-state index contributed by atoms with van der Waals surface area (Å²) in [4.78, 5) is 10.3. The smallest absolute Gasteiger partial charge is 0.303 e. The molecule has 3 N–H and O–H groups in total. The third kappa shape index (κ3) is 3.43. The van der Waals surface area contributed by atoms with Crippen molar-refractivity contribution in [3.05, 3.63) is 0 Å². The minimum Gasteiger partial charge on any atom is -0.481 e. The summed E-state index contributed by atoms with van der Waals surface area (Å²) in [6, 6.07) is -0.116. The Morgan fingerprint density at radius 1 is 1.50 bits per heavy atom. The lowest BCUT2D eigenvalue weighted by Crippen LogP contribution is -2.33. The number of sulfonamides is 1. The lowest BCUT2D eigenvalue weighted by molar-refractivity contribution is -0.137. The van der Waals surface area contributed by atoms with Crippen LogP contribution in [0.1, 0.15) is 19.8 Å². The average molecular weight is 250 g/mol. The van der Waals surface area contributed by atoms with Crippen LogP contribution in [-0.4, -0.2) is 48.7 Å². The van der Waals surface area contributed by atoms with Crippen molar-refractivity contribution < 1.29 is 18.3 Å². The number of carboxylic acids is 1. The van der Waals surface area contributed by atoms with Crippen LogP contribution in [0.2, 0.25) is 0 Å². The second-order valence-electron chi connectivity index (χ2n) is 4.27. The van der Waals surface area contributed by atoms with E-state index in [1.807, 2.05) is 6.92 Å². The van der Waals surface area contributed by atoms with E-state index in [2.05, 4.69) is 0 Å². The number of nitrogens with two attached hydrogens (primary N) is 1. The molecular weight excluding hydrogens is 232 g/mol. The van der Waals surface area contributed by atoms with Crippen molar-refractivity contribution in [3.8, 4) is 0 Å². The van der Waals surface area contributed by atoms with Gasteiger partial charge in [0, 0.05) is 25.6 Å². The topological polar surface area (TPSA) is 101 Å². The van der Waals surface area contributed by atoms with Gasteiger partial charge in [-0.1, -0.05) is 6.92 Å². The molecule has 1 fully saturated rings. The van der Waals surface area contributed by atoms with Crippen molar-refractivity contribution in [2.24, 2.45) is 11.7 Å². The van der Waals surface area contributed by atoms with E-state index in [-0.39, 0.29) is 30.6 Å². The molecule has 1 rings (SSSR count). The summed E-state index contributed by atoms with van der Waals surface area (Å²) in [6.45, 7) is 2.70. The molecule has 0 radical (unpaired) electrons. The van der Waals surface area contributed by atoms with Gasteiger partial charge in [-0.3, -0.25) is 4.79 Å². The van der Waals surface area contributed by atoms with Gasteiger partial charge in [-0.05, 0) is 12.3 Å². The second kappa shape index (κ2) is 5.11. The van der Waals surface area contributed by atoms with Crippen LogP contribution in [0, 0.1) is 5.92 Å². The van der Waals surface area contributed by atoms with Crippen molar-refractivity contribution in [2.45, 2.75) is 25.8 Å². The van der Waals surface area contributed by atoms with E-state index < -0.39 is 16.0 Å². The Kier molecular flexibility index (Phi) is 4.28. The number of aliphatic carboxylic acids is 1. The molecule has 1 aliphatic rings. The molecule has 0 aliphatic carbocycles. The first-order chi connectivity index (χ1) is 7.33. The molecule has 0 amide bonds. The van der Waals surface area contributed by atoms with E-state index in [0.717, 1.165) is 0 Å². The van der Waals surface area contributed by atoms with Gasteiger partial charge >= 0.3 is 5.97 Å². The third-order valence-electron chi connectivity index (χ3n) is 2.82. The Morgan fingerprint density at radius 3 is 2.56 bits per heavy atom. The molecule has 2 atom stereocenters. The highest BCUT2D eigenvalue weighted by molar-refractivity contribution is 7.89. The molecular formula is C9H18N2O4S. The Labute approximate surface area is 95.5 Å². The van der Waals surface area contributed by atoms with Crippen molar-refractivity contribution in [1.82, 2.24) is 4.31 Å². The Bertz CT molecular complexity index is 345. The maximum Gasteiger partial charge on any atom is 0.303 e. The molecule has 0 aromatic heterocycles. The summed E-state index contributed by atoms with van der Waals surface area (Å²) >= 11 is 0. The lowest BCUT2D eigenvalue weighted by Gasteiger charge is -2.15. The molecule has 94 valence electrons. The maximum atomic E-state index is 11.8. The molecule has 1 aliphatic heterocycles. The van der Waals surface area contributed by atoms with Gasteiger partial charge in [0.15, 0.2) is 0 Å². The summed E-state index contributed by atoms with van der Waals surface area (Å²) in [7, 11) is -3.33. The molecule has 0 aromatic carbocycles. The number of nitrogens with zero attached hydrogens (tertiary/aromatic N) is 1. The quantitative estimate of drug-likeness (QED) is 0.682.